The first-order valence-corrected chi connectivity index (χ1v) is 3.30. The molecule has 5 heteroatoms. The smallest absolute Gasteiger partial charge is 0.352 e. The van der Waals surface area contributed by atoms with E-state index in [0.29, 0.717) is 0 Å². The molecule has 1 aliphatic rings. The first-order valence-electron chi connectivity index (χ1n) is 3.30. The molecule has 66 valence electrons. The van der Waals surface area contributed by atoms with Crippen LogP contribution in [0.15, 0.2) is 0 Å². The second-order valence-corrected chi connectivity index (χ2v) is 2.53. The van der Waals surface area contributed by atoms with Gasteiger partial charge in [0.05, 0.1) is 6.10 Å². The van der Waals surface area contributed by atoms with Crippen molar-refractivity contribution in [1.82, 2.24) is 0 Å². The van der Waals surface area contributed by atoms with Crippen LogP contribution in [0.25, 0.3) is 0 Å². The van der Waals surface area contributed by atoms with Gasteiger partial charge in [0.25, 0.3) is 0 Å². The fourth-order valence-electron chi connectivity index (χ4n) is 0.903. The maximum absolute atomic E-state index is 11.9. The van der Waals surface area contributed by atoms with Crippen LogP contribution in [0, 0.1) is 0 Å². The van der Waals surface area contributed by atoms with E-state index in [1.807, 2.05) is 0 Å². The quantitative estimate of drug-likeness (QED) is 0.550. The lowest BCUT2D eigenvalue weighted by Gasteiger charge is -2.28. The van der Waals surface area contributed by atoms with Crippen LogP contribution in [0.2, 0.25) is 0 Å². The SMILES string of the molecule is CC1CC(C(F)(F)F)OCO1. The molecule has 2 unspecified atom stereocenters. The van der Waals surface area contributed by atoms with Gasteiger partial charge in [0.2, 0.25) is 0 Å². The van der Waals surface area contributed by atoms with E-state index >= 15 is 0 Å². The highest BCUT2D eigenvalue weighted by atomic mass is 19.4. The van der Waals surface area contributed by atoms with E-state index in [2.05, 4.69) is 4.74 Å². The molecular weight excluding hydrogens is 161 g/mol. The minimum absolute atomic E-state index is 0.108. The first kappa shape index (κ1) is 8.80. The summed E-state index contributed by atoms with van der Waals surface area (Å²) in [6.07, 6.45) is -6.37. The van der Waals surface area contributed by atoms with Gasteiger partial charge in [-0.15, -0.1) is 0 Å². The minimum Gasteiger partial charge on any atom is -0.352 e. The molecule has 1 rings (SSSR count). The van der Waals surface area contributed by atoms with Crippen LogP contribution in [0.3, 0.4) is 0 Å². The van der Waals surface area contributed by atoms with Gasteiger partial charge in [0.15, 0.2) is 6.10 Å². The topological polar surface area (TPSA) is 18.5 Å². The van der Waals surface area contributed by atoms with E-state index < -0.39 is 12.3 Å². The van der Waals surface area contributed by atoms with Gasteiger partial charge in [-0.3, -0.25) is 0 Å². The zero-order valence-electron chi connectivity index (χ0n) is 6.02. The molecule has 0 radical (unpaired) electrons. The minimum atomic E-state index is -4.25. The summed E-state index contributed by atoms with van der Waals surface area (Å²) in [6.45, 7) is 1.34. The van der Waals surface area contributed by atoms with Gasteiger partial charge in [-0.2, -0.15) is 13.2 Å². The van der Waals surface area contributed by atoms with E-state index in [4.69, 9.17) is 4.74 Å². The third-order valence-electron chi connectivity index (χ3n) is 1.53. The highest BCUT2D eigenvalue weighted by molar-refractivity contribution is 4.72. The lowest BCUT2D eigenvalue weighted by molar-refractivity contribution is -0.279. The Bertz CT molecular complexity index is 134. The van der Waals surface area contributed by atoms with Crippen molar-refractivity contribution in [3.8, 4) is 0 Å². The number of rotatable bonds is 0. The van der Waals surface area contributed by atoms with Gasteiger partial charge >= 0.3 is 6.18 Å². The predicted octanol–water partition coefficient (Wildman–Crippen LogP) is 1.70. The summed E-state index contributed by atoms with van der Waals surface area (Å²) in [4.78, 5) is 0. The second-order valence-electron chi connectivity index (χ2n) is 2.53. The molecule has 1 aliphatic heterocycles. The van der Waals surface area contributed by atoms with Gasteiger partial charge in [-0.05, 0) is 6.92 Å². The molecule has 0 N–H and O–H groups in total. The number of hydrogen-bond acceptors (Lipinski definition) is 2. The lowest BCUT2D eigenvalue weighted by Crippen LogP contribution is -2.39. The molecule has 0 amide bonds. The molecule has 0 aromatic carbocycles. The zero-order chi connectivity index (χ0) is 8.48. The molecule has 0 spiro atoms. The average molecular weight is 170 g/mol. The van der Waals surface area contributed by atoms with E-state index in [-0.39, 0.29) is 19.3 Å². The molecule has 11 heavy (non-hydrogen) atoms. The van der Waals surface area contributed by atoms with Crippen LogP contribution in [0.4, 0.5) is 13.2 Å². The average Bonchev–Trinajstić information content (AvgIpc) is 1.86. The van der Waals surface area contributed by atoms with Crippen LogP contribution in [0.5, 0.6) is 0 Å². The van der Waals surface area contributed by atoms with Gasteiger partial charge in [0, 0.05) is 6.42 Å². The Kier molecular flexibility index (Phi) is 2.39. The van der Waals surface area contributed by atoms with Crippen molar-refractivity contribution in [3.05, 3.63) is 0 Å². The van der Waals surface area contributed by atoms with Crippen molar-refractivity contribution in [3.63, 3.8) is 0 Å². The van der Waals surface area contributed by atoms with Gasteiger partial charge < -0.3 is 9.47 Å². The van der Waals surface area contributed by atoms with Crippen LogP contribution < -0.4 is 0 Å². The van der Waals surface area contributed by atoms with Crippen molar-refractivity contribution in [1.29, 1.82) is 0 Å². The number of halogens is 3. The Morgan fingerprint density at radius 2 is 1.91 bits per heavy atom. The number of alkyl halides is 3. The molecule has 0 saturated carbocycles. The summed E-state index contributed by atoms with van der Waals surface area (Å²) in [5.74, 6) is 0. The fourth-order valence-corrected chi connectivity index (χ4v) is 0.903. The second kappa shape index (κ2) is 2.98. The number of hydrogen-bond donors (Lipinski definition) is 0. The zero-order valence-corrected chi connectivity index (χ0v) is 6.02. The summed E-state index contributed by atoms with van der Waals surface area (Å²) >= 11 is 0. The third-order valence-corrected chi connectivity index (χ3v) is 1.53. The normalized spacial score (nSPS) is 33.8. The van der Waals surface area contributed by atoms with Gasteiger partial charge in [0.1, 0.15) is 6.79 Å². The molecule has 0 aromatic heterocycles. The maximum atomic E-state index is 11.9. The van der Waals surface area contributed by atoms with Crippen LogP contribution in [0.1, 0.15) is 13.3 Å². The van der Waals surface area contributed by atoms with Crippen molar-refractivity contribution >= 4 is 0 Å². The summed E-state index contributed by atoms with van der Waals surface area (Å²) < 4.78 is 44.9. The molecular formula is C6H9F3O2. The fraction of sp³-hybridized carbons (Fsp3) is 1.00. The van der Waals surface area contributed by atoms with Gasteiger partial charge in [-0.25, -0.2) is 0 Å². The molecule has 2 atom stereocenters. The lowest BCUT2D eigenvalue weighted by atomic mass is 10.1. The van der Waals surface area contributed by atoms with Gasteiger partial charge in [-0.1, -0.05) is 0 Å². The van der Waals surface area contributed by atoms with Crippen LogP contribution in [-0.4, -0.2) is 25.2 Å². The highest BCUT2D eigenvalue weighted by Crippen LogP contribution is 2.29. The molecule has 1 saturated heterocycles. The molecule has 0 bridgehead atoms. The Hall–Kier alpha value is -0.290. The van der Waals surface area contributed by atoms with E-state index in [0.717, 1.165) is 0 Å². The van der Waals surface area contributed by atoms with Crippen molar-refractivity contribution in [2.45, 2.75) is 31.7 Å². The summed E-state index contributed by atoms with van der Waals surface area (Å²) in [5, 5.41) is 0. The molecule has 2 nitrogen and oxygen atoms in total. The van der Waals surface area contributed by atoms with E-state index in [1.165, 1.54) is 0 Å². The third kappa shape index (κ3) is 2.34. The molecule has 0 aromatic rings. The highest BCUT2D eigenvalue weighted by Gasteiger charge is 2.43. The summed E-state index contributed by atoms with van der Waals surface area (Å²) in [5.41, 5.74) is 0. The Morgan fingerprint density at radius 3 is 2.27 bits per heavy atom. The Morgan fingerprint density at radius 1 is 1.27 bits per heavy atom. The Balaban J connectivity index is 2.46. The summed E-state index contributed by atoms with van der Waals surface area (Å²) in [6, 6.07) is 0. The largest absolute Gasteiger partial charge is 0.414 e. The maximum Gasteiger partial charge on any atom is 0.414 e. The van der Waals surface area contributed by atoms with E-state index in [9.17, 15) is 13.2 Å². The monoisotopic (exact) mass is 170 g/mol. The number of ether oxygens (including phenoxy) is 2. The predicted molar refractivity (Wildman–Crippen MR) is 31.0 cm³/mol. The van der Waals surface area contributed by atoms with Crippen molar-refractivity contribution < 1.29 is 22.6 Å². The first-order chi connectivity index (χ1) is 5.00. The molecule has 0 aliphatic carbocycles. The molecule has 1 heterocycles. The van der Waals surface area contributed by atoms with Crippen molar-refractivity contribution in [2.75, 3.05) is 6.79 Å². The molecule has 1 fully saturated rings. The summed E-state index contributed by atoms with van der Waals surface area (Å²) in [7, 11) is 0. The Labute approximate surface area is 62.3 Å². The van der Waals surface area contributed by atoms with E-state index in [1.54, 1.807) is 6.92 Å². The van der Waals surface area contributed by atoms with Crippen LogP contribution in [-0.2, 0) is 9.47 Å². The standard InChI is InChI=1S/C6H9F3O2/c1-4-2-5(6(7,8)9)11-3-10-4/h4-5H,2-3H2,1H3. The van der Waals surface area contributed by atoms with Crippen molar-refractivity contribution in [2.24, 2.45) is 0 Å². The van der Waals surface area contributed by atoms with Crippen LogP contribution >= 0.6 is 0 Å².